The summed E-state index contributed by atoms with van der Waals surface area (Å²) in [4.78, 5) is 32.3. The molecule has 142 valence electrons. The first-order valence-electron chi connectivity index (χ1n) is 9.35. The number of hydrogen-bond donors (Lipinski definition) is 1. The van der Waals surface area contributed by atoms with Gasteiger partial charge in [-0.25, -0.2) is 0 Å². The van der Waals surface area contributed by atoms with Crippen LogP contribution in [0, 0.1) is 0 Å². The van der Waals surface area contributed by atoms with Crippen LogP contribution in [0.2, 0.25) is 5.02 Å². The summed E-state index contributed by atoms with van der Waals surface area (Å²) in [7, 11) is 1.79. The molecule has 2 aliphatic rings. The predicted octanol–water partition coefficient (Wildman–Crippen LogP) is 4.28. The molecule has 4 rings (SSSR count). The van der Waals surface area contributed by atoms with Gasteiger partial charge < -0.3 is 10.2 Å². The lowest BCUT2D eigenvalue weighted by molar-refractivity contribution is -0.121. The normalized spacial score (nSPS) is 18.9. The Balaban J connectivity index is 1.79. The van der Waals surface area contributed by atoms with Crippen molar-refractivity contribution in [1.82, 2.24) is 10.3 Å². The van der Waals surface area contributed by atoms with Crippen LogP contribution in [-0.4, -0.2) is 23.8 Å². The van der Waals surface area contributed by atoms with Crippen molar-refractivity contribution in [3.8, 4) is 10.4 Å². The van der Waals surface area contributed by atoms with E-state index < -0.39 is 0 Å². The van der Waals surface area contributed by atoms with Gasteiger partial charge >= 0.3 is 0 Å². The lowest BCUT2D eigenvalue weighted by Gasteiger charge is -2.27. The van der Waals surface area contributed by atoms with Crippen molar-refractivity contribution in [1.29, 1.82) is 0 Å². The number of carbonyl (C=O) groups excluding carboxylic acids is 2. The van der Waals surface area contributed by atoms with E-state index >= 15 is 0 Å². The van der Waals surface area contributed by atoms with Crippen LogP contribution in [0.4, 0.5) is 5.69 Å². The maximum absolute atomic E-state index is 12.1. The molecule has 2 aromatic heterocycles. The van der Waals surface area contributed by atoms with Crippen LogP contribution in [0.1, 0.15) is 54.7 Å². The van der Waals surface area contributed by atoms with Crippen LogP contribution in [-0.2, 0) is 22.4 Å². The van der Waals surface area contributed by atoms with E-state index in [-0.39, 0.29) is 17.9 Å². The maximum Gasteiger partial charge on any atom is 0.227 e. The van der Waals surface area contributed by atoms with Crippen LogP contribution in [0.15, 0.2) is 12.4 Å². The first-order chi connectivity index (χ1) is 13.0. The molecule has 1 atom stereocenters. The second-order valence-corrected chi connectivity index (χ2v) is 8.57. The molecule has 27 heavy (non-hydrogen) atoms. The van der Waals surface area contributed by atoms with Gasteiger partial charge in [-0.1, -0.05) is 18.5 Å². The van der Waals surface area contributed by atoms with E-state index in [2.05, 4.69) is 10.3 Å². The Morgan fingerprint density at radius 1 is 1.37 bits per heavy atom. The van der Waals surface area contributed by atoms with Crippen molar-refractivity contribution in [2.45, 2.75) is 51.5 Å². The number of hydrogen-bond acceptors (Lipinski definition) is 4. The first kappa shape index (κ1) is 18.4. The standard InChI is InChI=1S/C20H22ClN3O2S/c1-3-16(25)23-14-6-4-5-11-12(14)9-22-10-13(11)20-18(21)19-15(27-20)7-8-17(26)24(19)2/h9-10,14H,3-8H2,1-2H3,(H,23,25)/t14-/m1/s1. The third kappa shape index (κ3) is 3.15. The Morgan fingerprint density at radius 3 is 2.96 bits per heavy atom. The van der Waals surface area contributed by atoms with Crippen molar-refractivity contribution >= 4 is 40.4 Å². The lowest BCUT2D eigenvalue weighted by Crippen LogP contribution is -2.30. The summed E-state index contributed by atoms with van der Waals surface area (Å²) in [5.41, 5.74) is 4.19. The molecule has 0 saturated carbocycles. The Labute approximate surface area is 167 Å². The molecule has 1 N–H and O–H groups in total. The lowest BCUT2D eigenvalue weighted by atomic mass is 9.86. The molecule has 5 nitrogen and oxygen atoms in total. The summed E-state index contributed by atoms with van der Waals surface area (Å²) in [6.07, 6.45) is 8.36. The molecule has 0 fully saturated rings. The van der Waals surface area contributed by atoms with Crippen molar-refractivity contribution in [3.63, 3.8) is 0 Å². The Hall–Kier alpha value is -1.92. The van der Waals surface area contributed by atoms with Gasteiger partial charge in [0.1, 0.15) is 0 Å². The average molecular weight is 404 g/mol. The van der Waals surface area contributed by atoms with Gasteiger partial charge in [0.15, 0.2) is 0 Å². The number of halogens is 1. The van der Waals surface area contributed by atoms with E-state index in [0.717, 1.165) is 52.3 Å². The molecule has 1 aliphatic carbocycles. The summed E-state index contributed by atoms with van der Waals surface area (Å²) in [5.74, 6) is 0.160. The number of fused-ring (bicyclic) bond motifs is 2. The van der Waals surface area contributed by atoms with E-state index in [1.165, 1.54) is 5.56 Å². The summed E-state index contributed by atoms with van der Waals surface area (Å²) in [6, 6.07) is 0.00580. The fraction of sp³-hybridized carbons (Fsp3) is 0.450. The van der Waals surface area contributed by atoms with Crippen LogP contribution in [0.25, 0.3) is 10.4 Å². The quantitative estimate of drug-likeness (QED) is 0.832. The highest BCUT2D eigenvalue weighted by atomic mass is 35.5. The SMILES string of the molecule is CCC(=O)N[C@@H]1CCCc2c(-c3sc4c(c3Cl)N(C)C(=O)CC4)cncc21. The molecule has 2 amide bonds. The highest BCUT2D eigenvalue weighted by molar-refractivity contribution is 7.17. The molecule has 0 bridgehead atoms. The van der Waals surface area contributed by atoms with Gasteiger partial charge in [0.25, 0.3) is 0 Å². The summed E-state index contributed by atoms with van der Waals surface area (Å²) in [5, 5.41) is 3.76. The van der Waals surface area contributed by atoms with E-state index in [9.17, 15) is 9.59 Å². The smallest absolute Gasteiger partial charge is 0.227 e. The van der Waals surface area contributed by atoms with E-state index in [0.29, 0.717) is 17.9 Å². The van der Waals surface area contributed by atoms with E-state index in [1.54, 1.807) is 23.3 Å². The van der Waals surface area contributed by atoms with Crippen LogP contribution >= 0.6 is 22.9 Å². The van der Waals surface area contributed by atoms with Crippen molar-refractivity contribution in [2.24, 2.45) is 0 Å². The van der Waals surface area contributed by atoms with Crippen molar-refractivity contribution < 1.29 is 9.59 Å². The Kier molecular flexibility index (Phi) is 4.95. The van der Waals surface area contributed by atoms with Crippen LogP contribution in [0.5, 0.6) is 0 Å². The zero-order valence-electron chi connectivity index (χ0n) is 15.5. The molecule has 0 aromatic carbocycles. The Bertz CT molecular complexity index is 924. The number of rotatable bonds is 3. The maximum atomic E-state index is 12.1. The second kappa shape index (κ2) is 7.24. The first-order valence-corrected chi connectivity index (χ1v) is 10.5. The van der Waals surface area contributed by atoms with E-state index in [4.69, 9.17) is 11.6 Å². The fourth-order valence-electron chi connectivity index (χ4n) is 4.00. The Morgan fingerprint density at radius 2 is 2.19 bits per heavy atom. The van der Waals surface area contributed by atoms with Gasteiger partial charge in [-0.3, -0.25) is 14.6 Å². The number of carbonyl (C=O) groups is 2. The minimum absolute atomic E-state index is 0.00580. The predicted molar refractivity (Wildman–Crippen MR) is 108 cm³/mol. The number of pyridine rings is 1. The molecule has 2 aromatic rings. The number of anilines is 1. The molecule has 0 unspecified atom stereocenters. The van der Waals surface area contributed by atoms with Gasteiger partial charge in [0.2, 0.25) is 11.8 Å². The van der Waals surface area contributed by atoms with Gasteiger partial charge in [-0.2, -0.15) is 0 Å². The van der Waals surface area contributed by atoms with Gasteiger partial charge in [-0.15, -0.1) is 11.3 Å². The number of thiophene rings is 1. The summed E-state index contributed by atoms with van der Waals surface area (Å²) < 4.78 is 0. The molecule has 0 radical (unpaired) electrons. The topological polar surface area (TPSA) is 62.3 Å². The third-order valence-electron chi connectivity index (χ3n) is 5.46. The minimum atomic E-state index is 0.00580. The molecular weight excluding hydrogens is 382 g/mol. The largest absolute Gasteiger partial charge is 0.349 e. The summed E-state index contributed by atoms with van der Waals surface area (Å²) in [6.45, 7) is 1.86. The van der Waals surface area contributed by atoms with Crippen LogP contribution in [0.3, 0.4) is 0 Å². The highest BCUT2D eigenvalue weighted by Gasteiger charge is 2.31. The number of aryl methyl sites for hydroxylation is 1. The van der Waals surface area contributed by atoms with Gasteiger partial charge in [0, 0.05) is 42.7 Å². The third-order valence-corrected chi connectivity index (χ3v) is 7.21. The zero-order valence-corrected chi connectivity index (χ0v) is 17.0. The van der Waals surface area contributed by atoms with Crippen molar-refractivity contribution in [2.75, 3.05) is 11.9 Å². The summed E-state index contributed by atoms with van der Waals surface area (Å²) >= 11 is 8.40. The zero-order chi connectivity index (χ0) is 19.1. The molecule has 3 heterocycles. The van der Waals surface area contributed by atoms with E-state index in [1.807, 2.05) is 19.3 Å². The second-order valence-electron chi connectivity index (χ2n) is 7.09. The molecular formula is C20H22ClN3O2S. The average Bonchev–Trinajstić information content (AvgIpc) is 3.01. The minimum Gasteiger partial charge on any atom is -0.349 e. The molecule has 7 heteroatoms. The molecule has 0 saturated heterocycles. The molecule has 0 spiro atoms. The molecule has 1 aliphatic heterocycles. The number of nitrogens with one attached hydrogen (secondary N) is 1. The van der Waals surface area contributed by atoms with Crippen molar-refractivity contribution in [3.05, 3.63) is 33.4 Å². The van der Waals surface area contributed by atoms with Gasteiger partial charge in [-0.05, 0) is 36.8 Å². The number of amides is 2. The monoisotopic (exact) mass is 403 g/mol. The number of nitrogens with zero attached hydrogens (tertiary/aromatic N) is 2. The van der Waals surface area contributed by atoms with Gasteiger partial charge in [0.05, 0.1) is 21.6 Å². The fourth-order valence-corrected chi connectivity index (χ4v) is 5.77. The van der Waals surface area contributed by atoms with Crippen LogP contribution < -0.4 is 10.2 Å². The highest BCUT2D eigenvalue weighted by Crippen LogP contribution is 2.49. The number of aromatic nitrogens is 1.